The van der Waals surface area contributed by atoms with Gasteiger partial charge in [0, 0.05) is 54.6 Å². The summed E-state index contributed by atoms with van der Waals surface area (Å²) in [4.78, 5) is 55.5. The summed E-state index contributed by atoms with van der Waals surface area (Å²) >= 11 is 1.70. The average Bonchev–Trinajstić information content (AvgIpc) is 3.36. The van der Waals surface area contributed by atoms with Crippen molar-refractivity contribution >= 4 is 40.5 Å². The van der Waals surface area contributed by atoms with E-state index in [0.29, 0.717) is 34.8 Å². The van der Waals surface area contributed by atoms with Gasteiger partial charge in [0.25, 0.3) is 5.91 Å². The van der Waals surface area contributed by atoms with Crippen LogP contribution in [0.3, 0.4) is 0 Å². The molecule has 1 fully saturated rings. The number of aryl methyl sites for hydroxylation is 1. The molecule has 4 aromatic rings. The highest BCUT2D eigenvalue weighted by molar-refractivity contribution is 7.97. The minimum atomic E-state index is -0.748. The van der Waals surface area contributed by atoms with E-state index < -0.39 is 11.1 Å². The lowest BCUT2D eigenvalue weighted by molar-refractivity contribution is 0.0989. The van der Waals surface area contributed by atoms with E-state index in [-0.39, 0.29) is 5.91 Å². The zero-order valence-corrected chi connectivity index (χ0v) is 21.9. The summed E-state index contributed by atoms with van der Waals surface area (Å²) in [5.41, 5.74) is 3.01. The van der Waals surface area contributed by atoms with E-state index in [4.69, 9.17) is 0 Å². The van der Waals surface area contributed by atoms with Crippen LogP contribution in [0.4, 0.5) is 11.6 Å². The number of rotatable bonds is 4. The van der Waals surface area contributed by atoms with E-state index in [9.17, 15) is 19.6 Å². The number of carbonyl (C=O) groups excluding carboxylic acids is 1. The molecule has 1 saturated heterocycles. The molecule has 0 radical (unpaired) electrons. The maximum absolute atomic E-state index is 13.3. The maximum atomic E-state index is 13.3. The molecule has 2 aliphatic rings. The van der Waals surface area contributed by atoms with Gasteiger partial charge in [-0.15, -0.1) is 0 Å². The number of fused-ring (bicyclic) bond motifs is 2. The standard InChI is InChI=1S/C27H24N8O3S/c1-16-12-19(15-28)30-27(29-16)33-8-10-34(11-9-33)39-20-3-5-23-17(13-20)6-7-35(23)26(38)18-2-4-21-22(14-18)32-25(37)24(36)31-21/h2-5,12-14H,6-11H2,1H3,(H,31,36)(H,32,37). The Kier molecular flexibility index (Phi) is 6.38. The van der Waals surface area contributed by atoms with Gasteiger partial charge < -0.3 is 19.8 Å². The van der Waals surface area contributed by atoms with Crippen LogP contribution >= 0.6 is 11.9 Å². The highest BCUT2D eigenvalue weighted by Crippen LogP contribution is 2.34. The number of aromatic amines is 2. The Labute approximate surface area is 227 Å². The van der Waals surface area contributed by atoms with E-state index in [1.54, 1.807) is 41.1 Å². The van der Waals surface area contributed by atoms with E-state index >= 15 is 0 Å². The Hall–Kier alpha value is -4.47. The third kappa shape index (κ3) is 4.89. The van der Waals surface area contributed by atoms with Crippen molar-refractivity contribution in [1.29, 1.82) is 5.26 Å². The maximum Gasteiger partial charge on any atom is 0.314 e. The molecule has 2 aromatic heterocycles. The van der Waals surface area contributed by atoms with Crippen LogP contribution in [0.25, 0.3) is 11.0 Å². The van der Waals surface area contributed by atoms with Gasteiger partial charge in [-0.25, -0.2) is 14.3 Å². The van der Waals surface area contributed by atoms with Gasteiger partial charge in [0.05, 0.1) is 11.0 Å². The van der Waals surface area contributed by atoms with E-state index in [2.05, 4.69) is 41.3 Å². The second-order valence-corrected chi connectivity index (χ2v) is 10.7. The largest absolute Gasteiger partial charge is 0.338 e. The number of hydrogen-bond donors (Lipinski definition) is 2. The first kappa shape index (κ1) is 24.8. The van der Waals surface area contributed by atoms with Crippen molar-refractivity contribution in [3.05, 3.63) is 85.7 Å². The highest BCUT2D eigenvalue weighted by Gasteiger charge is 2.27. The van der Waals surface area contributed by atoms with Crippen molar-refractivity contribution in [3.8, 4) is 6.07 Å². The Morgan fingerprint density at radius 3 is 2.49 bits per heavy atom. The normalized spacial score (nSPS) is 15.4. The minimum absolute atomic E-state index is 0.155. The summed E-state index contributed by atoms with van der Waals surface area (Å²) in [6.45, 7) is 5.61. The molecule has 39 heavy (non-hydrogen) atoms. The fraction of sp³-hybridized carbons (Fsp3) is 0.259. The third-order valence-electron chi connectivity index (χ3n) is 6.87. The zero-order chi connectivity index (χ0) is 27.1. The molecule has 0 spiro atoms. The van der Waals surface area contributed by atoms with Gasteiger partial charge >= 0.3 is 11.1 Å². The van der Waals surface area contributed by atoms with Crippen molar-refractivity contribution in [1.82, 2.24) is 24.2 Å². The fourth-order valence-corrected chi connectivity index (χ4v) is 5.90. The number of anilines is 2. The number of H-pyrrole nitrogens is 2. The molecule has 0 saturated carbocycles. The number of nitriles is 1. The van der Waals surface area contributed by atoms with Crippen LogP contribution in [0, 0.1) is 18.3 Å². The summed E-state index contributed by atoms with van der Waals surface area (Å²) in [6, 6.07) is 14.8. The predicted molar refractivity (Wildman–Crippen MR) is 148 cm³/mol. The Balaban J connectivity index is 1.12. The van der Waals surface area contributed by atoms with Crippen LogP contribution in [-0.4, -0.2) is 62.9 Å². The first-order valence-corrected chi connectivity index (χ1v) is 13.3. The van der Waals surface area contributed by atoms with Gasteiger partial charge in [-0.05, 0) is 73.3 Å². The fourth-order valence-electron chi connectivity index (χ4n) is 4.93. The number of piperazine rings is 1. The molecular formula is C27H24N8O3S. The van der Waals surface area contributed by atoms with Crippen molar-refractivity contribution in [2.24, 2.45) is 0 Å². The number of hydrogen-bond acceptors (Lipinski definition) is 9. The number of carbonyl (C=O) groups is 1. The van der Waals surface area contributed by atoms with Crippen molar-refractivity contribution < 1.29 is 4.79 Å². The molecule has 0 atom stereocenters. The lowest BCUT2D eigenvalue weighted by Gasteiger charge is -2.34. The molecule has 2 aliphatic heterocycles. The quantitative estimate of drug-likeness (QED) is 0.294. The molecule has 2 N–H and O–H groups in total. The average molecular weight is 541 g/mol. The number of nitrogens with zero attached hydrogens (tertiary/aromatic N) is 6. The van der Waals surface area contributed by atoms with Crippen molar-refractivity contribution in [2.75, 3.05) is 42.5 Å². The van der Waals surface area contributed by atoms with Gasteiger partial charge in [0.1, 0.15) is 11.8 Å². The first-order chi connectivity index (χ1) is 18.9. The van der Waals surface area contributed by atoms with Crippen LogP contribution in [-0.2, 0) is 6.42 Å². The van der Waals surface area contributed by atoms with E-state index in [0.717, 1.165) is 54.4 Å². The molecule has 1 amide bonds. The van der Waals surface area contributed by atoms with Crippen molar-refractivity contribution in [2.45, 2.75) is 18.2 Å². The molecular weight excluding hydrogens is 516 g/mol. The SMILES string of the molecule is Cc1cc(C#N)nc(N2CCN(Sc3ccc4c(c3)CCN4C(=O)c3ccc4[nH]c(=O)c(=O)[nH]c4c3)CC2)n1. The van der Waals surface area contributed by atoms with Gasteiger partial charge in [-0.3, -0.25) is 14.4 Å². The summed E-state index contributed by atoms with van der Waals surface area (Å²) in [5.74, 6) is 0.446. The lowest BCUT2D eigenvalue weighted by atomic mass is 10.1. The topological polar surface area (TPSA) is 142 Å². The molecule has 2 aromatic carbocycles. The van der Waals surface area contributed by atoms with Gasteiger partial charge in [0.2, 0.25) is 5.95 Å². The molecule has 11 nitrogen and oxygen atoms in total. The second kappa shape index (κ2) is 10.0. The van der Waals surface area contributed by atoms with Crippen LogP contribution in [0.1, 0.15) is 27.3 Å². The predicted octanol–water partition coefficient (Wildman–Crippen LogP) is 2.22. The molecule has 6 rings (SSSR count). The molecule has 0 unspecified atom stereocenters. The Morgan fingerprint density at radius 1 is 0.949 bits per heavy atom. The van der Waals surface area contributed by atoms with Gasteiger partial charge in [0.15, 0.2) is 0 Å². The number of benzene rings is 2. The third-order valence-corrected chi connectivity index (χ3v) is 7.96. The highest BCUT2D eigenvalue weighted by atomic mass is 32.2. The number of amides is 1. The van der Waals surface area contributed by atoms with Crippen LogP contribution in [0.5, 0.6) is 0 Å². The molecule has 0 bridgehead atoms. The molecule has 4 heterocycles. The van der Waals surface area contributed by atoms with Crippen LogP contribution in [0.15, 0.2) is 56.9 Å². The van der Waals surface area contributed by atoms with Crippen LogP contribution < -0.4 is 20.9 Å². The molecule has 12 heteroatoms. The minimum Gasteiger partial charge on any atom is -0.338 e. The Bertz CT molecular complexity index is 1770. The monoisotopic (exact) mass is 540 g/mol. The summed E-state index contributed by atoms with van der Waals surface area (Å²) in [5, 5.41) is 9.20. The Morgan fingerprint density at radius 2 is 1.72 bits per heavy atom. The van der Waals surface area contributed by atoms with Crippen LogP contribution in [0.2, 0.25) is 0 Å². The van der Waals surface area contributed by atoms with Crippen molar-refractivity contribution in [3.63, 3.8) is 0 Å². The summed E-state index contributed by atoms with van der Waals surface area (Å²) in [6.07, 6.45) is 0.757. The summed E-state index contributed by atoms with van der Waals surface area (Å²) in [7, 11) is 0. The lowest BCUT2D eigenvalue weighted by Crippen LogP contribution is -2.44. The van der Waals surface area contributed by atoms with E-state index in [1.807, 2.05) is 19.1 Å². The van der Waals surface area contributed by atoms with E-state index in [1.165, 1.54) is 0 Å². The second-order valence-electron chi connectivity index (χ2n) is 9.48. The zero-order valence-electron chi connectivity index (χ0n) is 21.1. The van der Waals surface area contributed by atoms with Gasteiger partial charge in [-0.2, -0.15) is 5.26 Å². The van der Waals surface area contributed by atoms with Gasteiger partial charge in [-0.1, -0.05) is 0 Å². The first-order valence-electron chi connectivity index (χ1n) is 12.5. The number of nitrogens with one attached hydrogen (secondary N) is 2. The smallest absolute Gasteiger partial charge is 0.314 e. The number of aromatic nitrogens is 4. The summed E-state index contributed by atoms with van der Waals surface area (Å²) < 4.78 is 2.30. The molecule has 196 valence electrons. The molecule has 0 aliphatic carbocycles.